The van der Waals surface area contributed by atoms with Crippen LogP contribution in [-0.4, -0.2) is 29.3 Å². The summed E-state index contributed by atoms with van der Waals surface area (Å²) in [5.41, 5.74) is 0. The van der Waals surface area contributed by atoms with Gasteiger partial charge in [-0.3, -0.25) is 0 Å². The van der Waals surface area contributed by atoms with E-state index in [-0.39, 0.29) is 12.6 Å². The molecule has 1 saturated heterocycles. The van der Waals surface area contributed by atoms with Crippen molar-refractivity contribution in [3.8, 4) is 0 Å². The molecule has 1 fully saturated rings. The lowest BCUT2D eigenvalue weighted by Crippen LogP contribution is -2.42. The SMILES string of the molecule is OC[C@@H]1CCCCN1c1cccc(Br)n1. The van der Waals surface area contributed by atoms with Crippen LogP contribution in [0.2, 0.25) is 0 Å². The number of aromatic nitrogens is 1. The molecule has 0 saturated carbocycles. The first-order chi connectivity index (χ1) is 7.31. The molecule has 3 nitrogen and oxygen atoms in total. The number of aliphatic hydroxyl groups is 1. The summed E-state index contributed by atoms with van der Waals surface area (Å²) >= 11 is 3.37. The normalized spacial score (nSPS) is 21.7. The Balaban J connectivity index is 2.20. The van der Waals surface area contributed by atoms with Gasteiger partial charge in [0.15, 0.2) is 0 Å². The highest BCUT2D eigenvalue weighted by Crippen LogP contribution is 2.23. The van der Waals surface area contributed by atoms with Gasteiger partial charge in [-0.25, -0.2) is 4.98 Å². The zero-order valence-corrected chi connectivity index (χ0v) is 10.2. The molecule has 2 heterocycles. The van der Waals surface area contributed by atoms with Crippen LogP contribution in [0.25, 0.3) is 0 Å². The van der Waals surface area contributed by atoms with Crippen LogP contribution in [0.4, 0.5) is 5.82 Å². The molecule has 4 heteroatoms. The van der Waals surface area contributed by atoms with Crippen molar-refractivity contribution in [3.63, 3.8) is 0 Å². The first kappa shape index (κ1) is 10.9. The summed E-state index contributed by atoms with van der Waals surface area (Å²) in [6.07, 6.45) is 3.45. The van der Waals surface area contributed by atoms with E-state index in [0.717, 1.165) is 23.4 Å². The Bertz CT molecular complexity index is 332. The molecule has 1 atom stereocenters. The zero-order valence-electron chi connectivity index (χ0n) is 8.56. The van der Waals surface area contributed by atoms with Crippen molar-refractivity contribution < 1.29 is 5.11 Å². The molecule has 1 N–H and O–H groups in total. The maximum absolute atomic E-state index is 9.31. The lowest BCUT2D eigenvalue weighted by atomic mass is 10.0. The molecule has 2 rings (SSSR count). The molecule has 0 radical (unpaired) electrons. The highest BCUT2D eigenvalue weighted by molar-refractivity contribution is 9.10. The molecule has 0 aromatic carbocycles. The van der Waals surface area contributed by atoms with Gasteiger partial charge in [-0.15, -0.1) is 0 Å². The van der Waals surface area contributed by atoms with Gasteiger partial charge in [-0.2, -0.15) is 0 Å². The van der Waals surface area contributed by atoms with Gasteiger partial charge in [0.25, 0.3) is 0 Å². The van der Waals surface area contributed by atoms with Crippen LogP contribution in [0.3, 0.4) is 0 Å². The van der Waals surface area contributed by atoms with Crippen LogP contribution in [-0.2, 0) is 0 Å². The standard InChI is InChI=1S/C11H15BrN2O/c12-10-5-3-6-11(13-10)14-7-2-1-4-9(14)8-15/h3,5-6,9,15H,1-2,4,7-8H2/t9-/m0/s1. The highest BCUT2D eigenvalue weighted by Gasteiger charge is 2.22. The van der Waals surface area contributed by atoms with Gasteiger partial charge < -0.3 is 10.0 Å². The van der Waals surface area contributed by atoms with Crippen LogP contribution >= 0.6 is 15.9 Å². The van der Waals surface area contributed by atoms with Crippen LogP contribution < -0.4 is 4.90 Å². The summed E-state index contributed by atoms with van der Waals surface area (Å²) < 4.78 is 0.849. The highest BCUT2D eigenvalue weighted by atomic mass is 79.9. The Labute approximate surface area is 98.3 Å². The van der Waals surface area contributed by atoms with Crippen LogP contribution in [0.15, 0.2) is 22.8 Å². The summed E-state index contributed by atoms with van der Waals surface area (Å²) in [7, 11) is 0. The molecule has 0 spiro atoms. The largest absolute Gasteiger partial charge is 0.394 e. The quantitative estimate of drug-likeness (QED) is 0.838. The number of hydrogen-bond acceptors (Lipinski definition) is 3. The molecule has 0 amide bonds. The smallest absolute Gasteiger partial charge is 0.130 e. The van der Waals surface area contributed by atoms with Crippen molar-refractivity contribution in [2.24, 2.45) is 0 Å². The lowest BCUT2D eigenvalue weighted by molar-refractivity contribution is 0.239. The number of nitrogens with zero attached hydrogens (tertiary/aromatic N) is 2. The Morgan fingerprint density at radius 3 is 3.07 bits per heavy atom. The van der Waals surface area contributed by atoms with Gasteiger partial charge in [0.1, 0.15) is 10.4 Å². The predicted octanol–water partition coefficient (Wildman–Crippen LogP) is 2.20. The maximum Gasteiger partial charge on any atom is 0.130 e. The van der Waals surface area contributed by atoms with Crippen molar-refractivity contribution in [2.75, 3.05) is 18.1 Å². The van der Waals surface area contributed by atoms with E-state index in [0.29, 0.717) is 0 Å². The summed E-state index contributed by atoms with van der Waals surface area (Å²) in [5.74, 6) is 0.961. The third-order valence-corrected chi connectivity index (χ3v) is 3.27. The first-order valence-electron chi connectivity index (χ1n) is 5.31. The lowest BCUT2D eigenvalue weighted by Gasteiger charge is -2.35. The Morgan fingerprint density at radius 1 is 1.47 bits per heavy atom. The molecule has 1 aliphatic heterocycles. The molecule has 82 valence electrons. The van der Waals surface area contributed by atoms with Gasteiger partial charge in [0.2, 0.25) is 0 Å². The molecule has 0 unspecified atom stereocenters. The fourth-order valence-corrected chi connectivity index (χ4v) is 2.38. The van der Waals surface area contributed by atoms with Crippen molar-refractivity contribution in [3.05, 3.63) is 22.8 Å². The summed E-state index contributed by atoms with van der Waals surface area (Å²) in [6, 6.07) is 6.14. The molecule has 0 bridgehead atoms. The second kappa shape index (κ2) is 4.94. The van der Waals surface area contributed by atoms with Gasteiger partial charge in [0.05, 0.1) is 12.6 Å². The number of aliphatic hydroxyl groups excluding tert-OH is 1. The van der Waals surface area contributed by atoms with Crippen LogP contribution in [0, 0.1) is 0 Å². The molecular formula is C11H15BrN2O. The number of hydrogen-bond donors (Lipinski definition) is 1. The number of halogens is 1. The average molecular weight is 271 g/mol. The fraction of sp³-hybridized carbons (Fsp3) is 0.545. The van der Waals surface area contributed by atoms with Crippen molar-refractivity contribution in [1.82, 2.24) is 4.98 Å². The molecule has 1 aromatic heterocycles. The Morgan fingerprint density at radius 2 is 2.33 bits per heavy atom. The molecule has 1 aromatic rings. The van der Waals surface area contributed by atoms with E-state index in [2.05, 4.69) is 25.8 Å². The minimum absolute atomic E-state index is 0.216. The second-order valence-corrected chi connectivity index (χ2v) is 4.66. The van der Waals surface area contributed by atoms with E-state index in [4.69, 9.17) is 0 Å². The van der Waals surface area contributed by atoms with Crippen molar-refractivity contribution in [1.29, 1.82) is 0 Å². The third-order valence-electron chi connectivity index (χ3n) is 2.83. The molecule has 15 heavy (non-hydrogen) atoms. The topological polar surface area (TPSA) is 36.4 Å². The van der Waals surface area contributed by atoms with E-state index >= 15 is 0 Å². The van der Waals surface area contributed by atoms with Gasteiger partial charge >= 0.3 is 0 Å². The molecule has 0 aliphatic carbocycles. The van der Waals surface area contributed by atoms with Gasteiger partial charge in [-0.05, 0) is 47.3 Å². The minimum Gasteiger partial charge on any atom is -0.394 e. The summed E-state index contributed by atoms with van der Waals surface area (Å²) in [4.78, 5) is 6.63. The minimum atomic E-state index is 0.216. The summed E-state index contributed by atoms with van der Waals surface area (Å²) in [5, 5.41) is 9.31. The molecular weight excluding hydrogens is 256 g/mol. The Kier molecular flexibility index (Phi) is 3.59. The van der Waals surface area contributed by atoms with E-state index in [1.165, 1.54) is 12.8 Å². The fourth-order valence-electron chi connectivity index (χ4n) is 2.05. The van der Waals surface area contributed by atoms with Crippen molar-refractivity contribution >= 4 is 21.7 Å². The van der Waals surface area contributed by atoms with Gasteiger partial charge in [0, 0.05) is 6.54 Å². The van der Waals surface area contributed by atoms with Crippen molar-refractivity contribution in [2.45, 2.75) is 25.3 Å². The number of rotatable bonds is 2. The predicted molar refractivity (Wildman–Crippen MR) is 64.0 cm³/mol. The van der Waals surface area contributed by atoms with Crippen LogP contribution in [0.5, 0.6) is 0 Å². The number of piperidine rings is 1. The average Bonchev–Trinajstić information content (AvgIpc) is 2.29. The van der Waals surface area contributed by atoms with E-state index in [9.17, 15) is 5.11 Å². The number of anilines is 1. The van der Waals surface area contributed by atoms with E-state index in [1.54, 1.807) is 0 Å². The summed E-state index contributed by atoms with van der Waals surface area (Å²) in [6.45, 7) is 1.21. The molecule has 1 aliphatic rings. The van der Waals surface area contributed by atoms with E-state index < -0.39 is 0 Å². The maximum atomic E-state index is 9.31. The Hall–Kier alpha value is -0.610. The first-order valence-corrected chi connectivity index (χ1v) is 6.10. The second-order valence-electron chi connectivity index (χ2n) is 3.84. The monoisotopic (exact) mass is 270 g/mol. The number of pyridine rings is 1. The van der Waals surface area contributed by atoms with E-state index in [1.807, 2.05) is 18.2 Å². The zero-order chi connectivity index (χ0) is 10.7. The van der Waals surface area contributed by atoms with Gasteiger partial charge in [-0.1, -0.05) is 6.07 Å². The van der Waals surface area contributed by atoms with Crippen LogP contribution in [0.1, 0.15) is 19.3 Å². The third kappa shape index (κ3) is 2.49.